The molecule has 0 unspecified atom stereocenters. The molecule has 0 fully saturated rings. The maximum atomic E-state index is 12.9. The highest BCUT2D eigenvalue weighted by Crippen LogP contribution is 2.42. The molecule has 0 amide bonds. The third-order valence-electron chi connectivity index (χ3n) is 6.12. The summed E-state index contributed by atoms with van der Waals surface area (Å²) in [7, 11) is -2.03. The van der Waals surface area contributed by atoms with Crippen molar-refractivity contribution in [2.45, 2.75) is 13.8 Å². The summed E-state index contributed by atoms with van der Waals surface area (Å²) in [6.45, 7) is 4.03. The third-order valence-corrected chi connectivity index (χ3v) is 7.10. The molecule has 0 saturated heterocycles. The number of carbonyl (C=O) groups is 1. The molecule has 0 aliphatic heterocycles. The molecule has 0 radical (unpaired) electrons. The van der Waals surface area contributed by atoms with Gasteiger partial charge >= 0.3 is 14.2 Å². The maximum absolute atomic E-state index is 12.9. The summed E-state index contributed by atoms with van der Waals surface area (Å²) < 4.78 is 18.5. The van der Waals surface area contributed by atoms with E-state index in [1.165, 1.54) is 0 Å². The van der Waals surface area contributed by atoms with Crippen molar-refractivity contribution in [3.05, 3.63) is 108 Å². The van der Waals surface area contributed by atoms with E-state index >= 15 is 0 Å². The van der Waals surface area contributed by atoms with Crippen molar-refractivity contribution in [2.75, 3.05) is 0 Å². The molecule has 0 bridgehead atoms. The zero-order chi connectivity index (χ0) is 23.2. The Morgan fingerprint density at radius 3 is 1.68 bits per heavy atom. The van der Waals surface area contributed by atoms with Crippen LogP contribution in [0.3, 0.4) is 0 Å². The van der Waals surface area contributed by atoms with Gasteiger partial charge in [0.05, 0.1) is 5.56 Å². The van der Waals surface area contributed by atoms with Gasteiger partial charge in [-0.25, -0.2) is 4.79 Å². The molecule has 5 aromatic carbocycles. The molecule has 5 heteroatoms. The van der Waals surface area contributed by atoms with E-state index < -0.39 is 14.2 Å². The summed E-state index contributed by atoms with van der Waals surface area (Å²) in [6, 6.07) is 29.6. The molecule has 0 saturated carbocycles. The molecule has 0 spiro atoms. The number of benzene rings is 5. The van der Waals surface area contributed by atoms with Crippen LogP contribution < -0.4 is 4.52 Å². The van der Waals surface area contributed by atoms with Crippen LogP contribution in [0.2, 0.25) is 0 Å². The summed E-state index contributed by atoms with van der Waals surface area (Å²) in [4.78, 5) is 12.9. The molecule has 1 heterocycles. The van der Waals surface area contributed by atoms with E-state index in [2.05, 4.69) is 36.4 Å². The SMILES string of the molecule is Cc1cc2ccccc2c2c1op(OC(=O)c1ccccc1)oc1c(C)cc3ccccc3c12. The van der Waals surface area contributed by atoms with Gasteiger partial charge in [-0.05, 0) is 70.8 Å². The highest BCUT2D eigenvalue weighted by Gasteiger charge is 2.19. The van der Waals surface area contributed by atoms with E-state index in [9.17, 15) is 4.79 Å². The molecule has 0 aliphatic rings. The highest BCUT2D eigenvalue weighted by atomic mass is 31.1. The summed E-state index contributed by atoms with van der Waals surface area (Å²) >= 11 is 0. The normalized spacial score (nSPS) is 11.4. The first kappa shape index (κ1) is 20.6. The largest absolute Gasteiger partial charge is 0.455 e. The molecule has 0 N–H and O–H groups in total. The fraction of sp³-hybridized carbons (Fsp3) is 0.0690. The minimum atomic E-state index is -2.03. The van der Waals surface area contributed by atoms with Crippen molar-refractivity contribution in [1.29, 1.82) is 0 Å². The summed E-state index contributed by atoms with van der Waals surface area (Å²) in [5.74, 6) is -0.478. The number of hydrogen-bond acceptors (Lipinski definition) is 4. The van der Waals surface area contributed by atoms with Gasteiger partial charge in [-0.3, -0.25) is 0 Å². The number of rotatable bonds is 2. The van der Waals surface area contributed by atoms with Crippen molar-refractivity contribution in [3.8, 4) is 0 Å². The third kappa shape index (κ3) is 3.35. The Morgan fingerprint density at radius 1 is 0.676 bits per heavy atom. The average Bonchev–Trinajstić information content (AvgIpc) is 3.03. The first-order valence-electron chi connectivity index (χ1n) is 11.1. The van der Waals surface area contributed by atoms with Gasteiger partial charge < -0.3 is 12.9 Å². The van der Waals surface area contributed by atoms with Crippen molar-refractivity contribution in [2.24, 2.45) is 0 Å². The lowest BCUT2D eigenvalue weighted by Crippen LogP contribution is -2.05. The van der Waals surface area contributed by atoms with Gasteiger partial charge in [0.1, 0.15) is 11.2 Å². The lowest BCUT2D eigenvalue weighted by molar-refractivity contribution is 0.0791. The van der Waals surface area contributed by atoms with Crippen molar-refractivity contribution in [1.82, 2.24) is 0 Å². The molecule has 166 valence electrons. The lowest BCUT2D eigenvalue weighted by Gasteiger charge is -2.08. The summed E-state index contributed by atoms with van der Waals surface area (Å²) in [6.07, 6.45) is 0. The van der Waals surface area contributed by atoms with E-state index in [4.69, 9.17) is 12.9 Å². The second-order valence-corrected chi connectivity index (χ2v) is 9.38. The second kappa shape index (κ2) is 8.09. The number of fused-ring (bicyclic) bond motifs is 7. The average molecular weight is 464 g/mol. The van der Waals surface area contributed by atoms with Crippen LogP contribution >= 0.6 is 8.24 Å². The predicted molar refractivity (Wildman–Crippen MR) is 138 cm³/mol. The Hall–Kier alpha value is -4.01. The molecular weight excluding hydrogens is 443 g/mol. The van der Waals surface area contributed by atoms with Crippen molar-refractivity contribution < 1.29 is 17.7 Å². The molecule has 0 aliphatic carbocycles. The Morgan fingerprint density at radius 2 is 1.15 bits per heavy atom. The fourth-order valence-corrected chi connectivity index (χ4v) is 5.69. The monoisotopic (exact) mass is 464 g/mol. The van der Waals surface area contributed by atoms with Crippen LogP contribution in [0.25, 0.3) is 43.5 Å². The van der Waals surface area contributed by atoms with E-state index in [1.54, 1.807) is 24.3 Å². The number of aryl methyl sites for hydroxylation is 2. The molecule has 6 aromatic rings. The standard InChI is InChI=1S/C29H21O4P/c1-18-16-21-12-6-8-14-23(21)25-26-24-15-9-7-13-22(24)17-19(2)28(26)32-34(31-27(18)25)33-29(30)20-10-4-3-5-11-20/h3-17H,1-2H3. The van der Waals surface area contributed by atoms with E-state index in [-0.39, 0.29) is 0 Å². The first-order chi connectivity index (χ1) is 16.6. The molecule has 34 heavy (non-hydrogen) atoms. The summed E-state index contributed by atoms with van der Waals surface area (Å²) in [5.41, 5.74) is 3.73. The van der Waals surface area contributed by atoms with Gasteiger partial charge in [0.15, 0.2) is 0 Å². The molecule has 4 nitrogen and oxygen atoms in total. The topological polar surface area (TPSA) is 52.6 Å². The van der Waals surface area contributed by atoms with Crippen LogP contribution in [0.5, 0.6) is 0 Å². The number of carbonyl (C=O) groups excluding carboxylic acids is 1. The minimum absolute atomic E-state index is 0.451. The Bertz CT molecular complexity index is 1660. The van der Waals surface area contributed by atoms with Crippen molar-refractivity contribution >= 4 is 57.7 Å². The predicted octanol–water partition coefficient (Wildman–Crippen LogP) is 8.48. The van der Waals surface area contributed by atoms with Crippen molar-refractivity contribution in [3.63, 3.8) is 0 Å². The van der Waals surface area contributed by atoms with Gasteiger partial charge in [-0.1, -0.05) is 66.7 Å². The molecular formula is C29H21O4P. The summed E-state index contributed by atoms with van der Waals surface area (Å²) in [5, 5.41) is 6.29. The van der Waals surface area contributed by atoms with Gasteiger partial charge in [0.2, 0.25) is 0 Å². The number of hydrogen-bond donors (Lipinski definition) is 0. The fourth-order valence-electron chi connectivity index (χ4n) is 4.57. The lowest BCUT2D eigenvalue weighted by atomic mass is 9.95. The molecule has 1 aromatic heterocycles. The first-order valence-corrected chi connectivity index (χ1v) is 12.2. The van der Waals surface area contributed by atoms with Gasteiger partial charge in [0, 0.05) is 10.8 Å². The van der Waals surface area contributed by atoms with Gasteiger partial charge in [0.25, 0.3) is 0 Å². The van der Waals surface area contributed by atoms with Crippen LogP contribution in [-0.2, 0) is 0 Å². The van der Waals surface area contributed by atoms with Gasteiger partial charge in [-0.2, -0.15) is 0 Å². The molecule has 0 atom stereocenters. The second-order valence-electron chi connectivity index (χ2n) is 8.39. The van der Waals surface area contributed by atoms with E-state index in [0.717, 1.165) is 43.4 Å². The van der Waals surface area contributed by atoms with Crippen LogP contribution in [0.15, 0.2) is 99.4 Å². The zero-order valence-electron chi connectivity index (χ0n) is 18.7. The molecule has 6 rings (SSSR count). The zero-order valence-corrected chi connectivity index (χ0v) is 19.6. The smallest absolute Gasteiger partial charge is 0.390 e. The van der Waals surface area contributed by atoms with Gasteiger partial charge in [-0.15, -0.1) is 0 Å². The van der Waals surface area contributed by atoms with Crippen LogP contribution in [0.4, 0.5) is 0 Å². The van der Waals surface area contributed by atoms with E-state index in [1.807, 2.05) is 44.2 Å². The minimum Gasteiger partial charge on any atom is -0.390 e. The quantitative estimate of drug-likeness (QED) is 0.258. The van der Waals surface area contributed by atoms with Crippen LogP contribution in [0.1, 0.15) is 21.5 Å². The Kier molecular flexibility index (Phi) is 4.90. The van der Waals surface area contributed by atoms with E-state index in [0.29, 0.717) is 16.7 Å². The Balaban J connectivity index is 1.78. The highest BCUT2D eigenvalue weighted by molar-refractivity contribution is 7.32. The van der Waals surface area contributed by atoms with Crippen LogP contribution in [-0.4, -0.2) is 5.97 Å². The maximum Gasteiger partial charge on any atom is 0.455 e. The Labute approximate surface area is 197 Å². The van der Waals surface area contributed by atoms with Crippen LogP contribution in [0, 0.1) is 13.8 Å².